The summed E-state index contributed by atoms with van der Waals surface area (Å²) in [5.41, 5.74) is 1.79. The number of benzene rings is 2. The van der Waals surface area contributed by atoms with E-state index in [1.54, 1.807) is 16.8 Å². The Hall–Kier alpha value is -3.94. The van der Waals surface area contributed by atoms with Crippen molar-refractivity contribution in [2.24, 2.45) is 0 Å². The highest BCUT2D eigenvalue weighted by atomic mass is 16.5. The molecule has 8 heteroatoms. The first-order valence-electron chi connectivity index (χ1n) is 11.1. The van der Waals surface area contributed by atoms with Gasteiger partial charge < -0.3 is 10.1 Å². The lowest BCUT2D eigenvalue weighted by atomic mass is 10.1. The molecule has 1 unspecified atom stereocenters. The van der Waals surface area contributed by atoms with E-state index >= 15 is 0 Å². The molecule has 8 nitrogen and oxygen atoms in total. The molecule has 4 rings (SSSR count). The van der Waals surface area contributed by atoms with E-state index < -0.39 is 0 Å². The van der Waals surface area contributed by atoms with Crippen LogP contribution in [0.5, 0.6) is 5.75 Å². The van der Waals surface area contributed by atoms with Crippen LogP contribution in [0.15, 0.2) is 71.8 Å². The van der Waals surface area contributed by atoms with Gasteiger partial charge in [-0.2, -0.15) is 0 Å². The fraction of sp³-hybridized carbons (Fsp3) is 0.280. The molecule has 0 aliphatic heterocycles. The van der Waals surface area contributed by atoms with E-state index in [2.05, 4.69) is 15.5 Å². The molecule has 0 fully saturated rings. The summed E-state index contributed by atoms with van der Waals surface area (Å²) in [7, 11) is 0. The molecule has 1 N–H and O–H groups in total. The van der Waals surface area contributed by atoms with Crippen molar-refractivity contribution in [1.29, 1.82) is 0 Å². The second kappa shape index (κ2) is 10.1. The second-order valence-electron chi connectivity index (χ2n) is 7.76. The molecule has 2 heterocycles. The van der Waals surface area contributed by atoms with Gasteiger partial charge in [-0.25, -0.2) is 0 Å². The van der Waals surface area contributed by atoms with Crippen LogP contribution in [0.3, 0.4) is 0 Å². The van der Waals surface area contributed by atoms with Gasteiger partial charge >= 0.3 is 5.56 Å². The topological polar surface area (TPSA) is 90.5 Å². The summed E-state index contributed by atoms with van der Waals surface area (Å²) < 4.78 is 8.68. The van der Waals surface area contributed by atoms with Crippen LogP contribution >= 0.6 is 0 Å². The lowest BCUT2D eigenvalue weighted by molar-refractivity contribution is -0.121. The number of rotatable bonds is 9. The van der Waals surface area contributed by atoms with Crippen LogP contribution in [0.4, 0.5) is 0 Å². The fourth-order valence-corrected chi connectivity index (χ4v) is 3.72. The van der Waals surface area contributed by atoms with Gasteiger partial charge in [0.05, 0.1) is 12.6 Å². The fourth-order valence-electron chi connectivity index (χ4n) is 3.72. The smallest absolute Gasteiger partial charge is 0.300 e. The number of amides is 1. The van der Waals surface area contributed by atoms with Gasteiger partial charge in [-0.05, 0) is 50.1 Å². The van der Waals surface area contributed by atoms with Crippen LogP contribution in [0.1, 0.15) is 44.1 Å². The van der Waals surface area contributed by atoms with Gasteiger partial charge in [-0.1, -0.05) is 30.3 Å². The maximum absolute atomic E-state index is 12.9. The zero-order chi connectivity index (χ0) is 23.2. The largest absolute Gasteiger partial charge is 0.494 e. The highest BCUT2D eigenvalue weighted by molar-refractivity contribution is 5.76. The maximum Gasteiger partial charge on any atom is 0.300 e. The molecule has 170 valence electrons. The van der Waals surface area contributed by atoms with Crippen molar-refractivity contribution in [3.8, 4) is 11.4 Å². The molecule has 2 aromatic carbocycles. The van der Waals surface area contributed by atoms with Gasteiger partial charge in [0.15, 0.2) is 0 Å². The Balaban J connectivity index is 1.39. The first-order valence-corrected chi connectivity index (χ1v) is 11.1. The Morgan fingerprint density at radius 3 is 2.55 bits per heavy atom. The number of aryl methyl sites for hydroxylation is 1. The normalized spacial score (nSPS) is 11.9. The number of nitrogens with one attached hydrogen (secondary N) is 1. The molecule has 0 saturated heterocycles. The van der Waals surface area contributed by atoms with Crippen molar-refractivity contribution in [1.82, 2.24) is 24.5 Å². The summed E-state index contributed by atoms with van der Waals surface area (Å²) in [6, 6.07) is 17.1. The first kappa shape index (κ1) is 22.3. The number of carbonyl (C=O) groups is 1. The van der Waals surface area contributed by atoms with Gasteiger partial charge in [0.2, 0.25) is 11.6 Å². The van der Waals surface area contributed by atoms with Crippen molar-refractivity contribution >= 4 is 11.6 Å². The molecule has 0 radical (unpaired) electrons. The summed E-state index contributed by atoms with van der Waals surface area (Å²) in [5, 5.41) is 11.3. The number of ether oxygens (including phenoxy) is 1. The van der Waals surface area contributed by atoms with Gasteiger partial charge in [-0.3, -0.25) is 18.6 Å². The number of carbonyl (C=O) groups excluding carboxylic acids is 1. The first-order chi connectivity index (χ1) is 16.1. The third-order valence-electron chi connectivity index (χ3n) is 5.45. The van der Waals surface area contributed by atoms with Crippen LogP contribution in [0.2, 0.25) is 0 Å². The molecule has 0 spiro atoms. The zero-order valence-corrected chi connectivity index (χ0v) is 18.8. The number of aromatic nitrogens is 4. The Morgan fingerprint density at radius 1 is 1.06 bits per heavy atom. The molecule has 0 saturated carbocycles. The molecular weight excluding hydrogens is 418 g/mol. The quantitative estimate of drug-likeness (QED) is 0.426. The molecule has 0 bridgehead atoms. The zero-order valence-electron chi connectivity index (χ0n) is 18.8. The molecular formula is C25H27N5O3. The van der Waals surface area contributed by atoms with Crippen molar-refractivity contribution in [3.05, 3.63) is 88.7 Å². The second-order valence-corrected chi connectivity index (χ2v) is 7.76. The standard InChI is InChI=1S/C25H27N5O3/c1-3-33-21-14-12-20(13-15-21)29-16-17-30-22(27-28-24(30)25(29)32)10-7-11-23(31)26-18(2)19-8-5-4-6-9-19/h4-6,8-9,12-18H,3,7,10-11H2,1-2H3,(H,26,31). The monoisotopic (exact) mass is 445 g/mol. The van der Waals surface area contributed by atoms with E-state index in [-0.39, 0.29) is 23.2 Å². The Kier molecular flexibility index (Phi) is 6.83. The van der Waals surface area contributed by atoms with E-state index in [4.69, 9.17) is 4.74 Å². The van der Waals surface area contributed by atoms with Crippen LogP contribution in [-0.4, -0.2) is 31.7 Å². The van der Waals surface area contributed by atoms with E-state index in [1.807, 2.05) is 68.4 Å². The van der Waals surface area contributed by atoms with E-state index in [0.717, 1.165) is 17.0 Å². The average Bonchev–Trinajstić information content (AvgIpc) is 3.25. The molecule has 4 aromatic rings. The molecule has 1 amide bonds. The lowest BCUT2D eigenvalue weighted by Crippen LogP contribution is -2.26. The number of nitrogens with zero attached hydrogens (tertiary/aromatic N) is 4. The minimum absolute atomic E-state index is 0.0157. The van der Waals surface area contributed by atoms with Crippen LogP contribution in [-0.2, 0) is 11.2 Å². The highest BCUT2D eigenvalue weighted by Crippen LogP contribution is 2.15. The summed E-state index contributed by atoms with van der Waals surface area (Å²) in [4.78, 5) is 25.3. The Morgan fingerprint density at radius 2 is 1.82 bits per heavy atom. The summed E-state index contributed by atoms with van der Waals surface area (Å²) in [5.74, 6) is 1.39. The summed E-state index contributed by atoms with van der Waals surface area (Å²) in [6.07, 6.45) is 5.00. The summed E-state index contributed by atoms with van der Waals surface area (Å²) in [6.45, 7) is 4.48. The summed E-state index contributed by atoms with van der Waals surface area (Å²) >= 11 is 0. The molecule has 0 aliphatic carbocycles. The Labute approximate surface area is 191 Å². The predicted octanol–water partition coefficient (Wildman–Crippen LogP) is 3.48. The number of hydrogen-bond acceptors (Lipinski definition) is 5. The minimum Gasteiger partial charge on any atom is -0.494 e. The average molecular weight is 446 g/mol. The van der Waals surface area contributed by atoms with Gasteiger partial charge in [0.1, 0.15) is 11.6 Å². The van der Waals surface area contributed by atoms with E-state index in [9.17, 15) is 9.59 Å². The van der Waals surface area contributed by atoms with Gasteiger partial charge in [-0.15, -0.1) is 10.2 Å². The molecule has 33 heavy (non-hydrogen) atoms. The highest BCUT2D eigenvalue weighted by Gasteiger charge is 2.13. The predicted molar refractivity (Wildman–Crippen MR) is 126 cm³/mol. The maximum atomic E-state index is 12.9. The molecule has 2 aromatic heterocycles. The van der Waals surface area contributed by atoms with Crippen LogP contribution in [0.25, 0.3) is 11.3 Å². The van der Waals surface area contributed by atoms with Crippen molar-refractivity contribution in [2.75, 3.05) is 6.61 Å². The number of fused-ring (bicyclic) bond motifs is 1. The van der Waals surface area contributed by atoms with Crippen molar-refractivity contribution in [2.45, 2.75) is 39.2 Å². The lowest BCUT2D eigenvalue weighted by Gasteiger charge is -2.14. The molecule has 1 atom stereocenters. The van der Waals surface area contributed by atoms with Gasteiger partial charge in [0.25, 0.3) is 0 Å². The third kappa shape index (κ3) is 5.11. The SMILES string of the molecule is CCOc1ccc(-n2ccn3c(CCCC(=O)NC(C)c4ccccc4)nnc3c2=O)cc1. The Bertz CT molecular complexity index is 1280. The van der Waals surface area contributed by atoms with E-state index in [1.165, 1.54) is 4.57 Å². The van der Waals surface area contributed by atoms with Crippen molar-refractivity contribution in [3.63, 3.8) is 0 Å². The van der Waals surface area contributed by atoms with Gasteiger partial charge in [0, 0.05) is 30.9 Å². The minimum atomic E-state index is -0.255. The van der Waals surface area contributed by atoms with E-state index in [0.29, 0.717) is 31.7 Å². The van der Waals surface area contributed by atoms with Crippen LogP contribution < -0.4 is 15.6 Å². The molecule has 0 aliphatic rings. The van der Waals surface area contributed by atoms with Crippen LogP contribution in [0, 0.1) is 0 Å². The third-order valence-corrected chi connectivity index (χ3v) is 5.45. The number of hydrogen-bond donors (Lipinski definition) is 1. The van der Waals surface area contributed by atoms with Crippen molar-refractivity contribution < 1.29 is 9.53 Å².